The number of sulfone groups is 1. The highest BCUT2D eigenvalue weighted by molar-refractivity contribution is 7.91. The molecule has 0 saturated carbocycles. The highest BCUT2D eigenvalue weighted by Gasteiger charge is 2.53. The molecule has 10 nitrogen and oxygen atoms in total. The molecule has 2 fully saturated rings. The van der Waals surface area contributed by atoms with Crippen molar-refractivity contribution in [1.29, 1.82) is 0 Å². The Morgan fingerprint density at radius 1 is 1.16 bits per heavy atom. The largest absolute Gasteiger partial charge is 0.490 e. The Morgan fingerprint density at radius 3 is 2.13 bits per heavy atom. The molecule has 2 saturated heterocycles. The quantitative estimate of drug-likeness (QED) is 0.457. The van der Waals surface area contributed by atoms with Gasteiger partial charge in [-0.25, -0.2) is 27.4 Å². The average molecular weight is 586 g/mol. The van der Waals surface area contributed by atoms with Gasteiger partial charge in [0, 0.05) is 44.1 Å². The zero-order chi connectivity index (χ0) is 29.4. The number of hydrogen-bond donors (Lipinski definition) is 2. The van der Waals surface area contributed by atoms with E-state index in [0.717, 1.165) is 6.42 Å². The van der Waals surface area contributed by atoms with Crippen LogP contribution in [0, 0.1) is 11.7 Å². The number of carbonyl (C=O) groups is 2. The Labute approximate surface area is 212 Å². The first kappa shape index (κ1) is 33.3. The van der Waals surface area contributed by atoms with Gasteiger partial charge in [-0.1, -0.05) is 6.92 Å². The van der Waals surface area contributed by atoms with Crippen LogP contribution >= 0.6 is 0 Å². The molecule has 0 bridgehead atoms. The predicted molar refractivity (Wildman–Crippen MR) is 115 cm³/mol. The molecule has 3 heterocycles. The summed E-state index contributed by atoms with van der Waals surface area (Å²) in [4.78, 5) is 23.8. The monoisotopic (exact) mass is 586 g/mol. The first-order chi connectivity index (χ1) is 17.3. The average Bonchev–Trinajstić information content (AvgIpc) is 3.20. The van der Waals surface area contributed by atoms with Crippen LogP contribution in [0.4, 0.5) is 30.7 Å². The number of pyridine rings is 1. The number of likely N-dealkylation sites (tertiary alicyclic amines) is 1. The molecule has 1 aromatic rings. The van der Waals surface area contributed by atoms with Crippen molar-refractivity contribution in [2.45, 2.75) is 31.3 Å². The van der Waals surface area contributed by atoms with Crippen molar-refractivity contribution in [3.8, 4) is 5.88 Å². The minimum atomic E-state index is -5.08. The fourth-order valence-corrected chi connectivity index (χ4v) is 4.13. The number of aliphatic carboxylic acids is 2. The molecule has 1 unspecified atom stereocenters. The smallest absolute Gasteiger partial charge is 0.475 e. The van der Waals surface area contributed by atoms with Crippen molar-refractivity contribution in [2.75, 3.05) is 44.4 Å². The van der Waals surface area contributed by atoms with Gasteiger partial charge in [0.05, 0.1) is 18.0 Å². The van der Waals surface area contributed by atoms with Crippen LogP contribution in [0.2, 0.25) is 0 Å². The van der Waals surface area contributed by atoms with Crippen LogP contribution in [0.1, 0.15) is 13.3 Å². The summed E-state index contributed by atoms with van der Waals surface area (Å²) < 4.78 is 112. The van der Waals surface area contributed by atoms with E-state index >= 15 is 0 Å². The van der Waals surface area contributed by atoms with E-state index in [2.05, 4.69) is 9.88 Å². The van der Waals surface area contributed by atoms with E-state index < -0.39 is 39.9 Å². The summed E-state index contributed by atoms with van der Waals surface area (Å²) >= 11 is 0. The summed E-state index contributed by atoms with van der Waals surface area (Å²) in [5, 5.41) is 14.2. The van der Waals surface area contributed by atoms with Crippen molar-refractivity contribution >= 4 is 21.8 Å². The lowest BCUT2D eigenvalue weighted by molar-refractivity contribution is -0.193. The van der Waals surface area contributed by atoms with E-state index in [1.54, 1.807) is 6.92 Å². The molecule has 2 aliphatic heterocycles. The summed E-state index contributed by atoms with van der Waals surface area (Å²) in [7, 11) is -2.95. The minimum absolute atomic E-state index is 0.0183. The van der Waals surface area contributed by atoms with Gasteiger partial charge in [0.15, 0.2) is 15.7 Å². The van der Waals surface area contributed by atoms with Crippen molar-refractivity contribution in [1.82, 2.24) is 9.88 Å². The Kier molecular flexibility index (Phi) is 11.7. The van der Waals surface area contributed by atoms with Crippen molar-refractivity contribution < 1.29 is 68.4 Å². The second kappa shape index (κ2) is 13.4. The maximum atomic E-state index is 13.6. The van der Waals surface area contributed by atoms with Gasteiger partial charge in [-0.05, 0) is 18.6 Å². The van der Waals surface area contributed by atoms with Gasteiger partial charge in [-0.2, -0.15) is 26.3 Å². The molecule has 18 heteroatoms. The summed E-state index contributed by atoms with van der Waals surface area (Å²) in [6.07, 6.45) is -7.81. The molecule has 3 rings (SSSR count). The maximum absolute atomic E-state index is 13.6. The summed E-state index contributed by atoms with van der Waals surface area (Å²) in [6, 6.07) is 2.85. The van der Waals surface area contributed by atoms with Gasteiger partial charge >= 0.3 is 24.3 Å². The number of alkyl halides is 6. The zero-order valence-electron chi connectivity index (χ0n) is 19.8. The van der Waals surface area contributed by atoms with Crippen LogP contribution in [0.25, 0.3) is 0 Å². The molecule has 0 radical (unpaired) electrons. The van der Waals surface area contributed by atoms with E-state index in [1.807, 2.05) is 0 Å². The number of carboxylic acids is 2. The molecular formula is C20H25F7N2O8S. The third kappa shape index (κ3) is 10.6. The highest BCUT2D eigenvalue weighted by atomic mass is 32.2. The lowest BCUT2D eigenvalue weighted by Gasteiger charge is -2.50. The second-order valence-corrected chi connectivity index (χ2v) is 10.5. The second-order valence-electron chi connectivity index (χ2n) is 8.05. The Bertz CT molecular complexity index is 1020. The van der Waals surface area contributed by atoms with Gasteiger partial charge in [0.25, 0.3) is 0 Å². The Balaban J connectivity index is 0.000000426. The molecule has 2 aliphatic rings. The van der Waals surface area contributed by atoms with Gasteiger partial charge in [-0.3, -0.25) is 4.90 Å². The van der Waals surface area contributed by atoms with E-state index in [4.69, 9.17) is 29.3 Å². The molecule has 0 aromatic carbocycles. The number of ether oxygens (including phenoxy) is 2. The van der Waals surface area contributed by atoms with Crippen LogP contribution in [0.5, 0.6) is 5.88 Å². The molecule has 0 amide bonds. The van der Waals surface area contributed by atoms with Gasteiger partial charge in [0.2, 0.25) is 5.88 Å². The molecule has 1 spiro atoms. The zero-order valence-corrected chi connectivity index (χ0v) is 20.6. The van der Waals surface area contributed by atoms with Crippen molar-refractivity contribution in [3.05, 3.63) is 24.1 Å². The van der Waals surface area contributed by atoms with E-state index in [-0.39, 0.29) is 28.9 Å². The van der Waals surface area contributed by atoms with E-state index in [0.29, 0.717) is 32.8 Å². The molecule has 1 aromatic heterocycles. The lowest BCUT2D eigenvalue weighted by Crippen LogP contribution is -2.65. The van der Waals surface area contributed by atoms with E-state index in [9.17, 15) is 39.2 Å². The van der Waals surface area contributed by atoms with Gasteiger partial charge in [-0.15, -0.1) is 0 Å². The van der Waals surface area contributed by atoms with Crippen molar-refractivity contribution in [3.63, 3.8) is 0 Å². The number of halogens is 7. The molecular weight excluding hydrogens is 561 g/mol. The Hall–Kier alpha value is -2.73. The highest BCUT2D eigenvalue weighted by Crippen LogP contribution is 2.40. The first-order valence-electron chi connectivity index (χ1n) is 10.7. The van der Waals surface area contributed by atoms with Crippen LogP contribution in [0.3, 0.4) is 0 Å². The molecule has 1 atom stereocenters. The maximum Gasteiger partial charge on any atom is 0.490 e. The number of hydrogen-bond acceptors (Lipinski definition) is 8. The normalized spacial score (nSPS) is 18.9. The molecule has 38 heavy (non-hydrogen) atoms. The van der Waals surface area contributed by atoms with Crippen LogP contribution in [-0.2, 0) is 24.2 Å². The molecule has 2 N–H and O–H groups in total. The number of nitrogens with zero attached hydrogens (tertiary/aromatic N) is 2. The number of rotatable bonds is 7. The third-order valence-electron chi connectivity index (χ3n) is 5.37. The van der Waals surface area contributed by atoms with Gasteiger partial charge in [0.1, 0.15) is 0 Å². The van der Waals surface area contributed by atoms with Crippen molar-refractivity contribution in [2.24, 2.45) is 5.92 Å². The molecule has 218 valence electrons. The SMILES string of the molecule is CCS(=O)(=O)CCN1CC2(C1)OCCC2COc1ncccc1F.O=C(O)C(F)(F)F.O=C(O)C(F)(F)F. The lowest BCUT2D eigenvalue weighted by atomic mass is 9.81. The minimum Gasteiger partial charge on any atom is -0.475 e. The topological polar surface area (TPSA) is 143 Å². The fourth-order valence-electron chi connectivity index (χ4n) is 3.31. The molecule has 0 aliphatic carbocycles. The van der Waals surface area contributed by atoms with Gasteiger partial charge < -0.3 is 19.7 Å². The summed E-state index contributed by atoms with van der Waals surface area (Å²) in [6.45, 7) is 4.60. The third-order valence-corrected chi connectivity index (χ3v) is 7.06. The van der Waals surface area contributed by atoms with Crippen LogP contribution < -0.4 is 4.74 Å². The summed E-state index contributed by atoms with van der Waals surface area (Å²) in [5.41, 5.74) is -0.290. The predicted octanol–water partition coefficient (Wildman–Crippen LogP) is 2.39. The number of aromatic nitrogens is 1. The summed E-state index contributed by atoms with van der Waals surface area (Å²) in [5.74, 6) is -5.44. The number of carboxylic acid groups (broad SMARTS) is 2. The van der Waals surface area contributed by atoms with E-state index in [1.165, 1.54) is 18.3 Å². The Morgan fingerprint density at radius 2 is 1.68 bits per heavy atom. The standard InChI is InChI=1S/C16H23FN2O4S.2C2HF3O2/c1-2-24(20,21)9-7-19-11-16(12-19)13(5-8-23-16)10-22-15-14(17)4-3-6-18-15;2*3-2(4,5)1(6)7/h3-4,6,13H,2,5,7-12H2,1H3;2*(H,6,7). The fraction of sp³-hybridized carbons (Fsp3) is 0.650. The van der Waals surface area contributed by atoms with Crippen LogP contribution in [-0.4, -0.2) is 103 Å². The van der Waals surface area contributed by atoms with Crippen LogP contribution in [0.15, 0.2) is 18.3 Å². The first-order valence-corrected chi connectivity index (χ1v) is 12.6.